The Morgan fingerprint density at radius 3 is 2.80 bits per heavy atom. The van der Waals surface area contributed by atoms with Gasteiger partial charge in [0.25, 0.3) is 0 Å². The minimum absolute atomic E-state index is 0.138. The summed E-state index contributed by atoms with van der Waals surface area (Å²) in [5.74, 6) is 1.64. The van der Waals surface area contributed by atoms with E-state index in [0.29, 0.717) is 24.7 Å². The SMILES string of the molecule is COc1ccc(C)cc1CC(=O)C1CCCCC1CN. The molecule has 2 atom stereocenters. The molecule has 110 valence electrons. The lowest BCUT2D eigenvalue weighted by Gasteiger charge is -2.29. The molecule has 0 bridgehead atoms. The van der Waals surface area contributed by atoms with E-state index in [-0.39, 0.29) is 5.92 Å². The number of Topliss-reactive ketones (excluding diaryl/α,β-unsaturated/α-hetero) is 1. The highest BCUT2D eigenvalue weighted by molar-refractivity contribution is 5.84. The molecule has 3 nitrogen and oxygen atoms in total. The maximum Gasteiger partial charge on any atom is 0.140 e. The second kappa shape index (κ2) is 6.89. The number of benzene rings is 1. The number of rotatable bonds is 5. The lowest BCUT2D eigenvalue weighted by Crippen LogP contribution is -2.33. The van der Waals surface area contributed by atoms with Crippen molar-refractivity contribution in [2.24, 2.45) is 17.6 Å². The molecule has 0 amide bonds. The number of aryl methyl sites for hydroxylation is 1. The molecule has 1 aliphatic carbocycles. The number of carbonyl (C=O) groups excluding carboxylic acids is 1. The van der Waals surface area contributed by atoms with Gasteiger partial charge in [0.1, 0.15) is 11.5 Å². The van der Waals surface area contributed by atoms with Gasteiger partial charge in [0, 0.05) is 17.9 Å². The lowest BCUT2D eigenvalue weighted by molar-refractivity contribution is -0.124. The van der Waals surface area contributed by atoms with Crippen LogP contribution in [0.3, 0.4) is 0 Å². The first-order chi connectivity index (χ1) is 9.65. The highest BCUT2D eigenvalue weighted by Crippen LogP contribution is 2.32. The highest BCUT2D eigenvalue weighted by Gasteiger charge is 2.30. The molecule has 0 saturated heterocycles. The van der Waals surface area contributed by atoms with Gasteiger partial charge < -0.3 is 10.5 Å². The van der Waals surface area contributed by atoms with Crippen LogP contribution in [0.4, 0.5) is 0 Å². The summed E-state index contributed by atoms with van der Waals surface area (Å²) in [6, 6.07) is 6.01. The molecule has 0 aliphatic heterocycles. The van der Waals surface area contributed by atoms with Crippen molar-refractivity contribution in [1.29, 1.82) is 0 Å². The van der Waals surface area contributed by atoms with Crippen molar-refractivity contribution in [2.75, 3.05) is 13.7 Å². The number of nitrogens with two attached hydrogens (primary N) is 1. The largest absolute Gasteiger partial charge is 0.496 e. The van der Waals surface area contributed by atoms with Gasteiger partial charge in [-0.05, 0) is 38.3 Å². The second-order valence-corrected chi connectivity index (χ2v) is 5.85. The second-order valence-electron chi connectivity index (χ2n) is 5.85. The zero-order valence-corrected chi connectivity index (χ0v) is 12.5. The normalized spacial score (nSPS) is 22.6. The van der Waals surface area contributed by atoms with Crippen molar-refractivity contribution >= 4 is 5.78 Å². The van der Waals surface area contributed by atoms with Gasteiger partial charge in [-0.15, -0.1) is 0 Å². The Labute approximate surface area is 121 Å². The van der Waals surface area contributed by atoms with Crippen molar-refractivity contribution < 1.29 is 9.53 Å². The molecule has 1 aromatic rings. The number of hydrogen-bond donors (Lipinski definition) is 1. The zero-order chi connectivity index (χ0) is 14.5. The Kier molecular flexibility index (Phi) is 5.18. The molecule has 3 heteroatoms. The lowest BCUT2D eigenvalue weighted by atomic mass is 9.75. The number of ketones is 1. The number of methoxy groups -OCH3 is 1. The molecule has 0 spiro atoms. The third kappa shape index (κ3) is 3.40. The predicted molar refractivity (Wildman–Crippen MR) is 80.9 cm³/mol. The maximum absolute atomic E-state index is 12.6. The van der Waals surface area contributed by atoms with Crippen molar-refractivity contribution in [3.05, 3.63) is 29.3 Å². The molecule has 2 rings (SSSR count). The predicted octanol–water partition coefficient (Wildman–Crippen LogP) is 2.88. The molecular formula is C17H25NO2. The highest BCUT2D eigenvalue weighted by atomic mass is 16.5. The van der Waals surface area contributed by atoms with E-state index in [0.717, 1.165) is 36.1 Å². The van der Waals surface area contributed by atoms with Crippen LogP contribution in [0, 0.1) is 18.8 Å². The van der Waals surface area contributed by atoms with Crippen LogP contribution < -0.4 is 10.5 Å². The van der Waals surface area contributed by atoms with E-state index in [2.05, 4.69) is 6.07 Å². The van der Waals surface area contributed by atoms with Crippen LogP contribution in [0.2, 0.25) is 0 Å². The number of hydrogen-bond acceptors (Lipinski definition) is 3. The summed E-state index contributed by atoms with van der Waals surface area (Å²) in [5.41, 5.74) is 7.99. The topological polar surface area (TPSA) is 52.3 Å². The van der Waals surface area contributed by atoms with E-state index < -0.39 is 0 Å². The Morgan fingerprint density at radius 2 is 2.10 bits per heavy atom. The third-order valence-corrected chi connectivity index (χ3v) is 4.43. The fourth-order valence-electron chi connectivity index (χ4n) is 3.28. The average molecular weight is 275 g/mol. The molecule has 20 heavy (non-hydrogen) atoms. The molecule has 0 aromatic heterocycles. The van der Waals surface area contributed by atoms with E-state index in [1.807, 2.05) is 19.1 Å². The van der Waals surface area contributed by atoms with Crippen LogP contribution in [0.1, 0.15) is 36.8 Å². The van der Waals surface area contributed by atoms with Crippen LogP contribution in [0.5, 0.6) is 5.75 Å². The van der Waals surface area contributed by atoms with Crippen LogP contribution >= 0.6 is 0 Å². The Morgan fingerprint density at radius 1 is 1.35 bits per heavy atom. The summed E-state index contributed by atoms with van der Waals surface area (Å²) < 4.78 is 5.36. The van der Waals surface area contributed by atoms with Gasteiger partial charge in [-0.2, -0.15) is 0 Å². The van der Waals surface area contributed by atoms with Crippen molar-refractivity contribution in [2.45, 2.75) is 39.0 Å². The smallest absolute Gasteiger partial charge is 0.140 e. The van der Waals surface area contributed by atoms with Gasteiger partial charge in [0.05, 0.1) is 7.11 Å². The molecule has 0 radical (unpaired) electrons. The van der Waals surface area contributed by atoms with Gasteiger partial charge in [-0.3, -0.25) is 4.79 Å². The Balaban J connectivity index is 2.12. The summed E-state index contributed by atoms with van der Waals surface area (Å²) in [6.45, 7) is 2.66. The Bertz CT molecular complexity index is 470. The summed E-state index contributed by atoms with van der Waals surface area (Å²) in [6.07, 6.45) is 4.91. The monoisotopic (exact) mass is 275 g/mol. The summed E-state index contributed by atoms with van der Waals surface area (Å²) in [4.78, 5) is 12.6. The van der Waals surface area contributed by atoms with Gasteiger partial charge in [0.2, 0.25) is 0 Å². The molecule has 1 saturated carbocycles. The molecule has 1 aromatic carbocycles. The first-order valence-electron chi connectivity index (χ1n) is 7.52. The fraction of sp³-hybridized carbons (Fsp3) is 0.588. The standard InChI is InChI=1S/C17H25NO2/c1-12-7-8-17(20-2)14(9-12)10-16(19)15-6-4-3-5-13(15)11-18/h7-9,13,15H,3-6,10-11,18H2,1-2H3. The minimum Gasteiger partial charge on any atom is -0.496 e. The van der Waals surface area contributed by atoms with Gasteiger partial charge in [-0.1, -0.05) is 30.5 Å². The molecule has 0 heterocycles. The molecule has 2 unspecified atom stereocenters. The zero-order valence-electron chi connectivity index (χ0n) is 12.5. The quantitative estimate of drug-likeness (QED) is 0.899. The molecule has 2 N–H and O–H groups in total. The number of carbonyl (C=O) groups is 1. The molecule has 1 aliphatic rings. The van der Waals surface area contributed by atoms with Crippen LogP contribution in [0.25, 0.3) is 0 Å². The minimum atomic E-state index is 0.138. The van der Waals surface area contributed by atoms with Gasteiger partial charge in [0.15, 0.2) is 0 Å². The van der Waals surface area contributed by atoms with Crippen LogP contribution in [0.15, 0.2) is 18.2 Å². The van der Waals surface area contributed by atoms with E-state index in [1.54, 1.807) is 7.11 Å². The van der Waals surface area contributed by atoms with Crippen molar-refractivity contribution in [3.8, 4) is 5.75 Å². The van der Waals surface area contributed by atoms with Crippen molar-refractivity contribution in [3.63, 3.8) is 0 Å². The van der Waals surface area contributed by atoms with E-state index in [4.69, 9.17) is 10.5 Å². The van der Waals surface area contributed by atoms with Gasteiger partial charge >= 0.3 is 0 Å². The van der Waals surface area contributed by atoms with E-state index in [9.17, 15) is 4.79 Å². The number of ether oxygens (including phenoxy) is 1. The fourth-order valence-corrected chi connectivity index (χ4v) is 3.28. The van der Waals surface area contributed by atoms with Crippen molar-refractivity contribution in [1.82, 2.24) is 0 Å². The van der Waals surface area contributed by atoms with E-state index in [1.165, 1.54) is 6.42 Å². The summed E-state index contributed by atoms with van der Waals surface area (Å²) in [5, 5.41) is 0. The first-order valence-corrected chi connectivity index (χ1v) is 7.52. The molecule has 1 fully saturated rings. The third-order valence-electron chi connectivity index (χ3n) is 4.43. The maximum atomic E-state index is 12.6. The van der Waals surface area contributed by atoms with Crippen LogP contribution in [-0.2, 0) is 11.2 Å². The van der Waals surface area contributed by atoms with E-state index >= 15 is 0 Å². The Hall–Kier alpha value is -1.35. The van der Waals surface area contributed by atoms with Crippen LogP contribution in [-0.4, -0.2) is 19.4 Å². The first kappa shape index (κ1) is 15.0. The molecular weight excluding hydrogens is 250 g/mol. The summed E-state index contributed by atoms with van der Waals surface area (Å²) in [7, 11) is 1.65. The summed E-state index contributed by atoms with van der Waals surface area (Å²) >= 11 is 0. The van der Waals surface area contributed by atoms with Gasteiger partial charge in [-0.25, -0.2) is 0 Å². The average Bonchev–Trinajstić information content (AvgIpc) is 2.47.